The Morgan fingerprint density at radius 3 is 2.12 bits per heavy atom. The van der Waals surface area contributed by atoms with Crippen molar-refractivity contribution >= 4 is 39.6 Å². The molecule has 14 heteroatoms. The van der Waals surface area contributed by atoms with Gasteiger partial charge in [0.15, 0.2) is 0 Å². The maximum absolute atomic E-state index is 14.5. The molecule has 0 spiro atoms. The highest BCUT2D eigenvalue weighted by Gasteiger charge is 2.48. The van der Waals surface area contributed by atoms with Crippen molar-refractivity contribution in [2.75, 3.05) is 12.3 Å². The molecule has 13 nitrogen and oxygen atoms in total. The van der Waals surface area contributed by atoms with Crippen LogP contribution in [0.5, 0.6) is 0 Å². The van der Waals surface area contributed by atoms with Crippen LogP contribution >= 0.6 is 0 Å². The molecule has 0 aromatic carbocycles. The van der Waals surface area contributed by atoms with Crippen LogP contribution in [0.15, 0.2) is 0 Å². The highest BCUT2D eigenvalue weighted by atomic mass is 32.2. The van der Waals surface area contributed by atoms with Gasteiger partial charge in [-0.25, -0.2) is 9.52 Å². The largest absolute Gasteiger partial charge is 0.347 e. The molecule has 0 bridgehead atoms. The van der Waals surface area contributed by atoms with Gasteiger partial charge in [0.2, 0.25) is 17.6 Å². The first-order valence-electron chi connectivity index (χ1n) is 19.0. The van der Waals surface area contributed by atoms with E-state index in [2.05, 4.69) is 21.3 Å². The average molecular weight is 708 g/mol. The fraction of sp³-hybridized carbons (Fsp3) is 0.857. The van der Waals surface area contributed by atoms with Gasteiger partial charge in [0, 0.05) is 25.4 Å². The van der Waals surface area contributed by atoms with Gasteiger partial charge < -0.3 is 26.2 Å². The van der Waals surface area contributed by atoms with E-state index < -0.39 is 62.7 Å². The number of unbranched alkanes of at least 4 members (excludes halogenated alkanes) is 1. The molecule has 4 saturated carbocycles. The number of Topliss-reactive ketones (excluding diaryl/α,β-unsaturated/α-hetero) is 1. The summed E-state index contributed by atoms with van der Waals surface area (Å²) in [7, 11) is -3.50. The van der Waals surface area contributed by atoms with Crippen LogP contribution in [0.4, 0.5) is 4.79 Å². The summed E-state index contributed by atoms with van der Waals surface area (Å²) in [6.45, 7) is 4.33. The first-order chi connectivity index (χ1) is 23.3. The van der Waals surface area contributed by atoms with Crippen molar-refractivity contribution in [3.63, 3.8) is 0 Å². The number of amides is 5. The van der Waals surface area contributed by atoms with Crippen LogP contribution in [0.25, 0.3) is 0 Å². The smallest absolute Gasteiger partial charge is 0.315 e. The lowest BCUT2D eigenvalue weighted by Gasteiger charge is -2.43. The van der Waals surface area contributed by atoms with Crippen LogP contribution in [-0.2, 0) is 29.2 Å². The number of hydrogen-bond acceptors (Lipinski definition) is 7. The van der Waals surface area contributed by atoms with E-state index in [0.717, 1.165) is 83.5 Å². The first kappa shape index (κ1) is 37.5. The zero-order valence-corrected chi connectivity index (χ0v) is 30.3. The third-order valence-corrected chi connectivity index (χ3v) is 13.1. The molecule has 5 fully saturated rings. The lowest BCUT2D eigenvalue weighted by Crippen LogP contribution is -2.90. The van der Waals surface area contributed by atoms with Gasteiger partial charge in [-0.1, -0.05) is 65.2 Å². The van der Waals surface area contributed by atoms with E-state index in [1.165, 1.54) is 9.62 Å². The minimum Gasteiger partial charge on any atom is -0.347 e. The zero-order valence-electron chi connectivity index (χ0n) is 29.5. The number of sulfonamides is 1. The summed E-state index contributed by atoms with van der Waals surface area (Å²) >= 11 is 0. The van der Waals surface area contributed by atoms with Crippen LogP contribution in [-0.4, -0.2) is 90.9 Å². The Kier molecular flexibility index (Phi) is 12.3. The summed E-state index contributed by atoms with van der Waals surface area (Å²) in [5.74, 6) is -2.30. The Morgan fingerprint density at radius 1 is 0.857 bits per heavy atom. The fourth-order valence-electron chi connectivity index (χ4n) is 8.14. The lowest BCUT2D eigenvalue weighted by molar-refractivity contribution is -0.512. The van der Waals surface area contributed by atoms with Gasteiger partial charge in [-0.15, -0.1) is 0 Å². The molecule has 6 N–H and O–H groups in total. The molecule has 49 heavy (non-hydrogen) atoms. The number of nitrogens with one attached hydrogen (secondary N) is 4. The Hall–Kier alpha value is -2.74. The van der Waals surface area contributed by atoms with Gasteiger partial charge in [0.25, 0.3) is 15.9 Å². The topological polar surface area (TPSA) is 187 Å². The van der Waals surface area contributed by atoms with E-state index >= 15 is 0 Å². The Bertz CT molecular complexity index is 1340. The summed E-state index contributed by atoms with van der Waals surface area (Å²) in [6, 6.07) is -3.16. The van der Waals surface area contributed by atoms with E-state index in [1.807, 2.05) is 13.8 Å². The average Bonchev–Trinajstić information content (AvgIpc) is 4.00. The van der Waals surface area contributed by atoms with Crippen molar-refractivity contribution in [1.82, 2.24) is 26.2 Å². The summed E-state index contributed by atoms with van der Waals surface area (Å²) < 4.78 is 27.7. The molecule has 4 aliphatic carbocycles. The number of likely N-dealkylation sites (tertiary alicyclic amines) is 1. The third kappa shape index (κ3) is 10.2. The molecule has 1 unspecified atom stereocenters. The second-order valence-electron chi connectivity index (χ2n) is 15.9. The molecule has 3 atom stereocenters. The Morgan fingerprint density at radius 2 is 1.51 bits per heavy atom. The van der Waals surface area contributed by atoms with Crippen molar-refractivity contribution in [2.45, 2.75) is 172 Å². The monoisotopic (exact) mass is 707 g/mol. The number of carbonyl (C=O) groups is 5. The van der Waals surface area contributed by atoms with Crippen LogP contribution in [0.3, 0.4) is 0 Å². The van der Waals surface area contributed by atoms with Crippen molar-refractivity contribution < 1.29 is 37.1 Å². The molecule has 5 rings (SSSR count). The van der Waals surface area contributed by atoms with E-state index in [0.29, 0.717) is 45.1 Å². The lowest BCUT2D eigenvalue weighted by atomic mass is 9.70. The van der Waals surface area contributed by atoms with Gasteiger partial charge in [0.1, 0.15) is 23.9 Å². The molecule has 1 aliphatic heterocycles. The van der Waals surface area contributed by atoms with Crippen LogP contribution in [0.1, 0.15) is 136 Å². The number of ketones is 1. The summed E-state index contributed by atoms with van der Waals surface area (Å²) in [6.07, 6.45) is 14.3. The molecular weight excluding hydrogens is 648 g/mol. The summed E-state index contributed by atoms with van der Waals surface area (Å²) in [5.41, 5.74) is -1.46. The standard InChI is InChI=1S/C35H58N6O7S/c1-3-4-12-26(28(42)31(44)36-24-14-15-24)37-30(43)27-13-11-22-41(27)32(45)29(34(2)18-7-5-8-19-34)38-33(46)39-35(20-9-6-10-21-35)23-49(47,48)40-25-16-17-25/h24-27,29,40H,3-23H2,1-2H3,(H,36,44)(H,37,43)(H2,38,39,46)/p+1/t26?,27-,29+/m0/s1. The van der Waals surface area contributed by atoms with Gasteiger partial charge in [0.05, 0.1) is 11.6 Å². The molecular formula is C35H59N6O7S+. The molecule has 1 heterocycles. The minimum absolute atomic E-state index is 0.0168. The second kappa shape index (κ2) is 16.1. The van der Waals surface area contributed by atoms with Crippen LogP contribution in [0, 0.1) is 5.41 Å². The molecule has 1 saturated heterocycles. The maximum Gasteiger partial charge on any atom is 0.315 e. The molecule has 0 radical (unpaired) electrons. The van der Waals surface area contributed by atoms with E-state index in [1.54, 1.807) is 0 Å². The molecule has 0 aromatic rings. The Balaban J connectivity index is 1.31. The SMILES string of the molecule is CCCCC(NC(=O)[C@@H]1CCCN1C(=O)[C@@H](NC(=O)NC1(CS(=O)(=O)[NH2+]C2CC2)CCCCC1)C1(C)CCCCC1)C(=O)C(=O)NC1CC1. The highest BCUT2D eigenvalue weighted by Crippen LogP contribution is 2.40. The second-order valence-corrected chi connectivity index (χ2v) is 17.8. The minimum atomic E-state index is -3.50. The van der Waals surface area contributed by atoms with Crippen LogP contribution in [0.2, 0.25) is 0 Å². The number of nitrogens with zero attached hydrogens (tertiary/aromatic N) is 1. The normalized spacial score (nSPS) is 24.7. The van der Waals surface area contributed by atoms with Crippen molar-refractivity contribution in [3.8, 4) is 0 Å². The Labute approximate surface area is 291 Å². The van der Waals surface area contributed by atoms with Gasteiger partial charge in [-0.05, 0) is 63.2 Å². The maximum atomic E-state index is 14.5. The van der Waals surface area contributed by atoms with Gasteiger partial charge >= 0.3 is 6.03 Å². The molecule has 276 valence electrons. The summed E-state index contributed by atoms with van der Waals surface area (Å²) in [4.78, 5) is 69.4. The first-order valence-corrected chi connectivity index (χ1v) is 20.7. The van der Waals surface area contributed by atoms with Crippen molar-refractivity contribution in [3.05, 3.63) is 0 Å². The van der Waals surface area contributed by atoms with Crippen LogP contribution < -0.4 is 26.0 Å². The quantitative estimate of drug-likeness (QED) is 0.152. The summed E-state index contributed by atoms with van der Waals surface area (Å²) in [5, 5.41) is 11.6. The number of hydrogen-bond donors (Lipinski definition) is 5. The van der Waals surface area contributed by atoms with Crippen molar-refractivity contribution in [1.29, 1.82) is 0 Å². The third-order valence-electron chi connectivity index (χ3n) is 11.4. The van der Waals surface area contributed by atoms with Gasteiger partial charge in [-0.3, -0.25) is 19.2 Å². The van der Waals surface area contributed by atoms with Gasteiger partial charge in [-0.2, -0.15) is 8.42 Å². The molecule has 0 aromatic heterocycles. The van der Waals surface area contributed by atoms with E-state index in [9.17, 15) is 32.4 Å². The number of quaternary nitrogens is 1. The van der Waals surface area contributed by atoms with Crippen molar-refractivity contribution in [2.24, 2.45) is 5.41 Å². The zero-order chi connectivity index (χ0) is 35.2. The predicted octanol–water partition coefficient (Wildman–Crippen LogP) is 1.90. The van der Waals surface area contributed by atoms with E-state index in [4.69, 9.17) is 0 Å². The fourth-order valence-corrected chi connectivity index (χ4v) is 10.2. The number of primary sulfonamides is 1. The molecule has 5 aliphatic rings. The number of carbonyl (C=O) groups excluding carboxylic acids is 5. The highest BCUT2D eigenvalue weighted by molar-refractivity contribution is 7.84. The van der Waals surface area contributed by atoms with E-state index in [-0.39, 0.29) is 23.7 Å². The number of nitrogens with two attached hydrogens (primary N) is 1. The predicted molar refractivity (Wildman–Crippen MR) is 184 cm³/mol. The number of urea groups is 1. The number of rotatable bonds is 16. The molecule has 5 amide bonds.